The van der Waals surface area contributed by atoms with Gasteiger partial charge < -0.3 is 15.5 Å². The van der Waals surface area contributed by atoms with Crippen LogP contribution in [0.15, 0.2) is 30.3 Å². The quantitative estimate of drug-likeness (QED) is 0.637. The SMILES string of the molecule is CC(O)(CNC(=O)Nc1cc(C(C)(C)C)nn1-c1ccc(F)cc1)C(=O)O. The van der Waals surface area contributed by atoms with Crippen molar-refractivity contribution in [3.05, 3.63) is 41.8 Å². The minimum absolute atomic E-state index is 0.300. The van der Waals surface area contributed by atoms with Crippen molar-refractivity contribution >= 4 is 17.8 Å². The van der Waals surface area contributed by atoms with E-state index in [1.807, 2.05) is 20.8 Å². The lowest BCUT2D eigenvalue weighted by atomic mass is 9.92. The summed E-state index contributed by atoms with van der Waals surface area (Å²) < 4.78 is 14.7. The Kier molecular flexibility index (Phi) is 5.55. The molecule has 0 aliphatic heterocycles. The van der Waals surface area contributed by atoms with Gasteiger partial charge in [0.2, 0.25) is 0 Å². The molecule has 27 heavy (non-hydrogen) atoms. The summed E-state index contributed by atoms with van der Waals surface area (Å²) in [6.45, 7) is 6.47. The summed E-state index contributed by atoms with van der Waals surface area (Å²) in [7, 11) is 0. The molecule has 0 spiro atoms. The van der Waals surface area contributed by atoms with Crippen molar-refractivity contribution in [3.63, 3.8) is 0 Å². The van der Waals surface area contributed by atoms with E-state index >= 15 is 0 Å². The number of carboxylic acids is 1. The van der Waals surface area contributed by atoms with Crippen LogP contribution in [-0.4, -0.2) is 44.1 Å². The Morgan fingerprint density at radius 1 is 1.19 bits per heavy atom. The van der Waals surface area contributed by atoms with Gasteiger partial charge in [0.15, 0.2) is 5.60 Å². The third kappa shape index (κ3) is 5.04. The molecule has 1 aromatic carbocycles. The number of aromatic nitrogens is 2. The normalized spacial score (nSPS) is 13.7. The number of hydrogen-bond donors (Lipinski definition) is 4. The number of anilines is 1. The lowest BCUT2D eigenvalue weighted by Gasteiger charge is -2.18. The van der Waals surface area contributed by atoms with Crippen LogP contribution in [0, 0.1) is 5.82 Å². The predicted molar refractivity (Wildman–Crippen MR) is 97.5 cm³/mol. The maximum Gasteiger partial charge on any atom is 0.337 e. The van der Waals surface area contributed by atoms with Gasteiger partial charge in [-0.15, -0.1) is 0 Å². The summed E-state index contributed by atoms with van der Waals surface area (Å²) in [6.07, 6.45) is 0. The number of nitrogens with zero attached hydrogens (tertiary/aromatic N) is 2. The van der Waals surface area contributed by atoms with E-state index in [4.69, 9.17) is 5.11 Å². The van der Waals surface area contributed by atoms with Gasteiger partial charge in [-0.3, -0.25) is 5.32 Å². The Morgan fingerprint density at radius 3 is 2.30 bits per heavy atom. The third-order valence-corrected chi connectivity index (χ3v) is 3.84. The number of carbonyl (C=O) groups is 2. The average Bonchev–Trinajstić information content (AvgIpc) is 2.98. The highest BCUT2D eigenvalue weighted by Gasteiger charge is 2.30. The van der Waals surface area contributed by atoms with Gasteiger partial charge in [-0.25, -0.2) is 18.7 Å². The number of rotatable bonds is 5. The van der Waals surface area contributed by atoms with Crippen molar-refractivity contribution < 1.29 is 24.2 Å². The average molecular weight is 378 g/mol. The monoisotopic (exact) mass is 378 g/mol. The predicted octanol–water partition coefficient (Wildman–Crippen LogP) is 2.27. The molecule has 0 fully saturated rings. The number of carboxylic acid groups (broad SMARTS) is 1. The Hall–Kier alpha value is -2.94. The Morgan fingerprint density at radius 2 is 1.78 bits per heavy atom. The van der Waals surface area contributed by atoms with E-state index in [9.17, 15) is 19.1 Å². The molecule has 0 bridgehead atoms. The van der Waals surface area contributed by atoms with Crippen LogP contribution in [0.3, 0.4) is 0 Å². The minimum Gasteiger partial charge on any atom is -0.479 e. The third-order valence-electron chi connectivity index (χ3n) is 3.84. The summed E-state index contributed by atoms with van der Waals surface area (Å²) in [5.41, 5.74) is -1.16. The molecule has 4 N–H and O–H groups in total. The molecule has 0 radical (unpaired) electrons. The van der Waals surface area contributed by atoms with Gasteiger partial charge in [0.25, 0.3) is 0 Å². The van der Waals surface area contributed by atoms with Crippen molar-refractivity contribution in [1.82, 2.24) is 15.1 Å². The number of aliphatic carboxylic acids is 1. The van der Waals surface area contributed by atoms with Crippen LogP contribution in [0.25, 0.3) is 5.69 Å². The van der Waals surface area contributed by atoms with E-state index in [0.29, 0.717) is 17.2 Å². The smallest absolute Gasteiger partial charge is 0.337 e. The van der Waals surface area contributed by atoms with Crippen molar-refractivity contribution in [2.24, 2.45) is 0 Å². The van der Waals surface area contributed by atoms with Gasteiger partial charge in [0, 0.05) is 11.5 Å². The van der Waals surface area contributed by atoms with E-state index < -0.39 is 30.0 Å². The molecule has 8 nitrogen and oxygen atoms in total. The van der Waals surface area contributed by atoms with Crippen LogP contribution in [0.4, 0.5) is 15.0 Å². The Bertz CT molecular complexity index is 838. The Labute approximate surface area is 156 Å². The first kappa shape index (κ1) is 20.4. The fourth-order valence-corrected chi connectivity index (χ4v) is 2.10. The van der Waals surface area contributed by atoms with E-state index in [0.717, 1.165) is 6.92 Å². The number of hydrogen-bond acceptors (Lipinski definition) is 4. The van der Waals surface area contributed by atoms with Gasteiger partial charge in [0.1, 0.15) is 11.6 Å². The number of halogens is 1. The molecule has 2 rings (SSSR count). The molecule has 2 amide bonds. The number of aliphatic hydroxyl groups is 1. The fourth-order valence-electron chi connectivity index (χ4n) is 2.10. The van der Waals surface area contributed by atoms with Crippen molar-refractivity contribution in [2.75, 3.05) is 11.9 Å². The molecule has 1 aromatic heterocycles. The molecule has 9 heteroatoms. The largest absolute Gasteiger partial charge is 0.479 e. The Balaban J connectivity index is 2.27. The van der Waals surface area contributed by atoms with Crippen LogP contribution >= 0.6 is 0 Å². The zero-order valence-electron chi connectivity index (χ0n) is 15.6. The van der Waals surface area contributed by atoms with Crippen LogP contribution in [0.1, 0.15) is 33.4 Å². The number of carbonyl (C=O) groups excluding carboxylic acids is 1. The van der Waals surface area contributed by atoms with E-state index in [1.165, 1.54) is 28.9 Å². The van der Waals surface area contributed by atoms with E-state index in [2.05, 4.69) is 15.7 Å². The number of nitrogens with one attached hydrogen (secondary N) is 2. The molecule has 1 unspecified atom stereocenters. The fraction of sp³-hybridized carbons (Fsp3) is 0.389. The van der Waals surface area contributed by atoms with Crippen LogP contribution in [0.5, 0.6) is 0 Å². The maximum absolute atomic E-state index is 13.2. The molecule has 1 heterocycles. The summed E-state index contributed by atoms with van der Waals surface area (Å²) in [5, 5.41) is 27.9. The summed E-state index contributed by atoms with van der Waals surface area (Å²) in [5.74, 6) is -1.53. The molecular weight excluding hydrogens is 355 g/mol. The zero-order chi connectivity index (χ0) is 20.4. The molecular formula is C18H23FN4O4. The minimum atomic E-state index is -2.09. The van der Waals surface area contributed by atoms with Crippen LogP contribution < -0.4 is 10.6 Å². The number of amides is 2. The standard InChI is InChI=1S/C18H23FN4O4/c1-17(2,3)13-9-14(21-16(26)20-10-18(4,27)15(24)25)23(22-13)12-7-5-11(19)6-8-12/h5-9,27H,10H2,1-4H3,(H,24,25)(H2,20,21,26). The van der Waals surface area contributed by atoms with Crippen molar-refractivity contribution in [1.29, 1.82) is 0 Å². The highest BCUT2D eigenvalue weighted by Crippen LogP contribution is 2.26. The van der Waals surface area contributed by atoms with Crippen molar-refractivity contribution in [3.8, 4) is 5.69 Å². The number of urea groups is 1. The van der Waals surface area contributed by atoms with E-state index in [1.54, 1.807) is 6.07 Å². The second-order valence-electron chi connectivity index (χ2n) is 7.44. The molecule has 0 saturated heterocycles. The molecule has 1 atom stereocenters. The molecule has 0 aliphatic carbocycles. The highest BCUT2D eigenvalue weighted by atomic mass is 19.1. The summed E-state index contributed by atoms with van der Waals surface area (Å²) >= 11 is 0. The highest BCUT2D eigenvalue weighted by molar-refractivity contribution is 5.89. The van der Waals surface area contributed by atoms with E-state index in [-0.39, 0.29) is 5.41 Å². The van der Waals surface area contributed by atoms with Gasteiger partial charge >= 0.3 is 12.0 Å². The zero-order valence-corrected chi connectivity index (χ0v) is 15.6. The van der Waals surface area contributed by atoms with Gasteiger partial charge in [-0.05, 0) is 31.2 Å². The lowest BCUT2D eigenvalue weighted by molar-refractivity contribution is -0.155. The van der Waals surface area contributed by atoms with Gasteiger partial charge in [-0.2, -0.15) is 5.10 Å². The molecule has 146 valence electrons. The van der Waals surface area contributed by atoms with Gasteiger partial charge in [0.05, 0.1) is 17.9 Å². The van der Waals surface area contributed by atoms with Crippen molar-refractivity contribution in [2.45, 2.75) is 38.7 Å². The molecule has 0 saturated carbocycles. The van der Waals surface area contributed by atoms with Crippen LogP contribution in [0.2, 0.25) is 0 Å². The topological polar surface area (TPSA) is 116 Å². The second kappa shape index (κ2) is 7.36. The van der Waals surface area contributed by atoms with Gasteiger partial charge in [-0.1, -0.05) is 20.8 Å². The first-order valence-corrected chi connectivity index (χ1v) is 8.27. The molecule has 0 aliphatic rings. The summed E-state index contributed by atoms with van der Waals surface area (Å²) in [6, 6.07) is 6.57. The van der Waals surface area contributed by atoms with Crippen LogP contribution in [-0.2, 0) is 10.2 Å². The first-order valence-electron chi connectivity index (χ1n) is 8.27. The second-order valence-corrected chi connectivity index (χ2v) is 7.44. The maximum atomic E-state index is 13.2. The molecule has 2 aromatic rings. The summed E-state index contributed by atoms with van der Waals surface area (Å²) in [4.78, 5) is 23.1. The first-order chi connectivity index (χ1) is 12.4. The number of benzene rings is 1. The lowest BCUT2D eigenvalue weighted by Crippen LogP contribution is -2.47.